The molecule has 2 N–H and O–H groups in total. The molecule has 0 spiro atoms. The molecule has 2 aliphatic heterocycles. The van der Waals surface area contributed by atoms with Crippen molar-refractivity contribution in [2.75, 3.05) is 6.54 Å². The highest BCUT2D eigenvalue weighted by atomic mass is 35.5. The van der Waals surface area contributed by atoms with Gasteiger partial charge in [-0.25, -0.2) is 0 Å². The van der Waals surface area contributed by atoms with Crippen LogP contribution in [0.3, 0.4) is 0 Å². The number of fused-ring (bicyclic) bond motifs is 2. The second-order valence-electron chi connectivity index (χ2n) is 7.97. The third kappa shape index (κ3) is 4.98. The van der Waals surface area contributed by atoms with E-state index in [1.807, 2.05) is 6.07 Å². The molecule has 2 bridgehead atoms. The van der Waals surface area contributed by atoms with Gasteiger partial charge >= 0.3 is 0 Å². The molecule has 0 aliphatic carbocycles. The number of halogens is 1. The van der Waals surface area contributed by atoms with Crippen LogP contribution in [0.2, 0.25) is 5.02 Å². The highest BCUT2D eigenvalue weighted by Gasteiger charge is 2.40. The van der Waals surface area contributed by atoms with Crippen LogP contribution >= 0.6 is 11.6 Å². The van der Waals surface area contributed by atoms with Crippen molar-refractivity contribution in [3.63, 3.8) is 0 Å². The Morgan fingerprint density at radius 3 is 2.41 bits per heavy atom. The van der Waals surface area contributed by atoms with Crippen LogP contribution in [0.25, 0.3) is 0 Å². The van der Waals surface area contributed by atoms with E-state index in [9.17, 15) is 9.59 Å². The lowest BCUT2D eigenvalue weighted by molar-refractivity contribution is -0.121. The Hall–Kier alpha value is -2.37. The lowest BCUT2D eigenvalue weighted by atomic mass is 9.96. The van der Waals surface area contributed by atoms with Gasteiger partial charge in [0.15, 0.2) is 0 Å². The van der Waals surface area contributed by atoms with Crippen molar-refractivity contribution < 1.29 is 9.59 Å². The first-order valence-electron chi connectivity index (χ1n) is 10.2. The number of nitrogens with zero attached hydrogens (tertiary/aromatic N) is 1. The molecule has 0 radical (unpaired) electrons. The van der Waals surface area contributed by atoms with Gasteiger partial charge in [-0.2, -0.15) is 0 Å². The van der Waals surface area contributed by atoms with E-state index in [1.165, 1.54) is 18.4 Å². The first-order chi connectivity index (χ1) is 14.1. The lowest BCUT2D eigenvalue weighted by Gasteiger charge is -2.39. The molecule has 2 atom stereocenters. The van der Waals surface area contributed by atoms with Gasteiger partial charge in [-0.3, -0.25) is 14.5 Å². The number of hydrogen-bond acceptors (Lipinski definition) is 3. The number of carbonyl (C=O) groups is 2. The molecule has 2 heterocycles. The van der Waals surface area contributed by atoms with Crippen LogP contribution < -0.4 is 10.6 Å². The lowest BCUT2D eigenvalue weighted by Crippen LogP contribution is -2.51. The van der Waals surface area contributed by atoms with Crippen molar-refractivity contribution in [2.45, 2.75) is 50.4 Å². The number of nitrogens with one attached hydrogen (secondary N) is 2. The fourth-order valence-electron chi connectivity index (χ4n) is 4.62. The van der Waals surface area contributed by atoms with E-state index in [0.717, 1.165) is 19.4 Å². The van der Waals surface area contributed by atoms with Crippen molar-refractivity contribution >= 4 is 23.4 Å². The third-order valence-electron chi connectivity index (χ3n) is 5.95. The minimum atomic E-state index is -0.291. The molecule has 2 aliphatic rings. The van der Waals surface area contributed by atoms with Crippen LogP contribution in [0.5, 0.6) is 0 Å². The second kappa shape index (κ2) is 8.97. The zero-order valence-corrected chi connectivity index (χ0v) is 17.1. The molecule has 29 heavy (non-hydrogen) atoms. The average molecular weight is 412 g/mol. The van der Waals surface area contributed by atoms with E-state index in [4.69, 9.17) is 11.6 Å². The number of carbonyl (C=O) groups excluding carboxylic acids is 2. The summed E-state index contributed by atoms with van der Waals surface area (Å²) in [6.45, 7) is 0.956. The molecule has 2 aromatic carbocycles. The number of rotatable bonds is 6. The smallest absolute Gasteiger partial charge is 0.251 e. The summed E-state index contributed by atoms with van der Waals surface area (Å²) >= 11 is 5.91. The zero-order valence-electron chi connectivity index (χ0n) is 16.3. The van der Waals surface area contributed by atoms with Gasteiger partial charge < -0.3 is 10.6 Å². The van der Waals surface area contributed by atoms with Gasteiger partial charge in [-0.15, -0.1) is 0 Å². The van der Waals surface area contributed by atoms with Crippen molar-refractivity contribution in [2.24, 2.45) is 0 Å². The summed E-state index contributed by atoms with van der Waals surface area (Å²) in [5.41, 5.74) is 1.80. The molecule has 2 unspecified atom stereocenters. The molecule has 6 heteroatoms. The fraction of sp³-hybridized carbons (Fsp3) is 0.391. The quantitative estimate of drug-likeness (QED) is 0.766. The summed E-state index contributed by atoms with van der Waals surface area (Å²) in [5, 5.41) is 6.29. The Kier molecular flexibility index (Phi) is 6.16. The van der Waals surface area contributed by atoms with E-state index in [0.29, 0.717) is 22.7 Å². The minimum absolute atomic E-state index is 0.0229. The predicted molar refractivity (Wildman–Crippen MR) is 114 cm³/mol. The van der Waals surface area contributed by atoms with Gasteiger partial charge in [-0.05, 0) is 49.4 Å². The molecule has 2 fully saturated rings. The summed E-state index contributed by atoms with van der Waals surface area (Å²) in [6.07, 6.45) is 4.32. The van der Waals surface area contributed by atoms with E-state index >= 15 is 0 Å². The highest BCUT2D eigenvalue weighted by molar-refractivity contribution is 6.30. The van der Waals surface area contributed by atoms with Gasteiger partial charge in [0, 0.05) is 35.3 Å². The Balaban J connectivity index is 1.26. The number of piperidine rings is 1. The molecule has 2 amide bonds. The SMILES string of the molecule is O=C(CNC(=O)c1cccc(Cl)c1)NC1CC2CCC(C1)N2Cc1ccccc1. The van der Waals surface area contributed by atoms with Gasteiger partial charge in [0.2, 0.25) is 5.91 Å². The number of amides is 2. The summed E-state index contributed by atoms with van der Waals surface area (Å²) in [6, 6.07) is 18.5. The van der Waals surface area contributed by atoms with Gasteiger partial charge in [-0.1, -0.05) is 48.0 Å². The minimum Gasteiger partial charge on any atom is -0.352 e. The molecule has 152 valence electrons. The standard InChI is InChI=1S/C23H26ClN3O2/c24-18-8-4-7-17(11-18)23(29)25-14-22(28)26-19-12-20-9-10-21(13-19)27(20)15-16-5-2-1-3-6-16/h1-8,11,19-21H,9-10,12-15H2,(H,25,29)(H,26,28). The van der Waals surface area contributed by atoms with Crippen molar-refractivity contribution in [3.8, 4) is 0 Å². The zero-order chi connectivity index (χ0) is 20.2. The van der Waals surface area contributed by atoms with Crippen molar-refractivity contribution in [1.29, 1.82) is 0 Å². The normalized spacial score (nSPS) is 23.6. The summed E-state index contributed by atoms with van der Waals surface area (Å²) in [4.78, 5) is 27.1. The summed E-state index contributed by atoms with van der Waals surface area (Å²) < 4.78 is 0. The van der Waals surface area contributed by atoms with Crippen LogP contribution in [-0.2, 0) is 11.3 Å². The number of benzene rings is 2. The average Bonchev–Trinajstić information content (AvgIpc) is 2.95. The maximum absolute atomic E-state index is 12.4. The fourth-order valence-corrected chi connectivity index (χ4v) is 4.81. The molecule has 2 aromatic rings. The Bertz CT molecular complexity index is 859. The second-order valence-corrected chi connectivity index (χ2v) is 8.41. The molecular formula is C23H26ClN3O2. The van der Waals surface area contributed by atoms with Crippen LogP contribution in [0.1, 0.15) is 41.6 Å². The van der Waals surface area contributed by atoms with E-state index in [-0.39, 0.29) is 24.4 Å². The summed E-state index contributed by atoms with van der Waals surface area (Å²) in [7, 11) is 0. The largest absolute Gasteiger partial charge is 0.352 e. The molecule has 0 saturated carbocycles. The highest BCUT2D eigenvalue weighted by Crippen LogP contribution is 2.36. The summed E-state index contributed by atoms with van der Waals surface area (Å²) in [5.74, 6) is -0.429. The molecule has 2 saturated heterocycles. The number of hydrogen-bond donors (Lipinski definition) is 2. The molecule has 0 aromatic heterocycles. The van der Waals surface area contributed by atoms with Crippen molar-refractivity contribution in [3.05, 3.63) is 70.7 Å². The third-order valence-corrected chi connectivity index (χ3v) is 6.19. The Labute approximate surface area is 176 Å². The van der Waals surface area contributed by atoms with Crippen molar-refractivity contribution in [1.82, 2.24) is 15.5 Å². The van der Waals surface area contributed by atoms with Crippen LogP contribution in [-0.4, -0.2) is 41.4 Å². The molecule has 4 rings (SSSR count). The van der Waals surface area contributed by atoms with E-state index in [2.05, 4.69) is 39.8 Å². The Morgan fingerprint density at radius 2 is 1.72 bits per heavy atom. The van der Waals surface area contributed by atoms with Gasteiger partial charge in [0.1, 0.15) is 0 Å². The van der Waals surface area contributed by atoms with Crippen LogP contribution in [0, 0.1) is 0 Å². The van der Waals surface area contributed by atoms with Crippen LogP contribution in [0.15, 0.2) is 54.6 Å². The van der Waals surface area contributed by atoms with E-state index < -0.39 is 0 Å². The van der Waals surface area contributed by atoms with E-state index in [1.54, 1.807) is 24.3 Å². The van der Waals surface area contributed by atoms with Crippen LogP contribution in [0.4, 0.5) is 0 Å². The van der Waals surface area contributed by atoms with Gasteiger partial charge in [0.05, 0.1) is 6.54 Å². The monoisotopic (exact) mass is 411 g/mol. The maximum atomic E-state index is 12.4. The Morgan fingerprint density at radius 1 is 1.00 bits per heavy atom. The first kappa shape index (κ1) is 19.9. The molecule has 5 nitrogen and oxygen atoms in total. The van der Waals surface area contributed by atoms with Gasteiger partial charge in [0.25, 0.3) is 5.91 Å². The molecular weight excluding hydrogens is 386 g/mol. The topological polar surface area (TPSA) is 61.4 Å². The predicted octanol–water partition coefficient (Wildman–Crippen LogP) is 3.38. The first-order valence-corrected chi connectivity index (χ1v) is 10.6. The maximum Gasteiger partial charge on any atom is 0.251 e.